The van der Waals surface area contributed by atoms with E-state index >= 15 is 0 Å². The van der Waals surface area contributed by atoms with Gasteiger partial charge in [0.1, 0.15) is 5.76 Å². The minimum Gasteiger partial charge on any atom is -0.361 e. The normalized spacial score (nSPS) is 10.6. The first-order chi connectivity index (χ1) is 8.38. The summed E-state index contributed by atoms with van der Waals surface area (Å²) in [4.78, 5) is 4.01. The third kappa shape index (κ3) is 3.69. The van der Waals surface area contributed by atoms with Gasteiger partial charge in [-0.2, -0.15) is 0 Å². The average Bonchev–Trinajstić information content (AvgIpc) is 2.79. The van der Waals surface area contributed by atoms with E-state index in [0.29, 0.717) is 6.61 Å². The van der Waals surface area contributed by atoms with Crippen LogP contribution in [0.1, 0.15) is 23.4 Å². The number of aromatic nitrogens is 1. The molecule has 0 atom stereocenters. The van der Waals surface area contributed by atoms with Gasteiger partial charge in [-0.1, -0.05) is 35.5 Å². The van der Waals surface area contributed by atoms with Crippen molar-refractivity contribution in [1.29, 1.82) is 0 Å². The number of nitrogens with zero attached hydrogens (tertiary/aromatic N) is 1. The summed E-state index contributed by atoms with van der Waals surface area (Å²) in [6.45, 7) is 0.320. The molecular formula is C13H15NO3. The summed E-state index contributed by atoms with van der Waals surface area (Å²) in [7, 11) is 0. The lowest BCUT2D eigenvalue weighted by molar-refractivity contribution is -0.242. The molecule has 1 aromatic heterocycles. The zero-order valence-electron chi connectivity index (χ0n) is 9.50. The van der Waals surface area contributed by atoms with Crippen molar-refractivity contribution >= 4 is 0 Å². The molecule has 0 aliphatic rings. The van der Waals surface area contributed by atoms with Crippen LogP contribution in [0, 0.1) is 0 Å². The Morgan fingerprint density at radius 2 is 2.06 bits per heavy atom. The van der Waals surface area contributed by atoms with Gasteiger partial charge < -0.3 is 4.52 Å². The van der Waals surface area contributed by atoms with E-state index in [1.165, 1.54) is 5.56 Å². The van der Waals surface area contributed by atoms with Crippen LogP contribution in [0.25, 0.3) is 0 Å². The van der Waals surface area contributed by atoms with Gasteiger partial charge in [0.15, 0.2) is 0 Å². The standard InChI is InChI=1S/C13H15NO3/c15-16-8-4-7-12-10-13(17-14-12)9-11-5-2-1-3-6-11/h1-3,5-6,10,15H,4,7-9H2. The van der Waals surface area contributed by atoms with Gasteiger partial charge in [0.2, 0.25) is 0 Å². The number of hydrogen-bond donors (Lipinski definition) is 1. The molecule has 0 unspecified atom stereocenters. The lowest BCUT2D eigenvalue weighted by atomic mass is 10.1. The summed E-state index contributed by atoms with van der Waals surface area (Å²) in [5, 5.41) is 12.2. The molecule has 0 radical (unpaired) electrons. The predicted octanol–water partition coefficient (Wildman–Crippen LogP) is 2.69. The molecule has 0 bridgehead atoms. The topological polar surface area (TPSA) is 55.5 Å². The van der Waals surface area contributed by atoms with Gasteiger partial charge in [0.05, 0.1) is 12.3 Å². The minimum atomic E-state index is 0.320. The van der Waals surface area contributed by atoms with Crippen LogP contribution in [-0.4, -0.2) is 17.0 Å². The Bertz CT molecular complexity index is 439. The van der Waals surface area contributed by atoms with Gasteiger partial charge in [0.25, 0.3) is 0 Å². The molecule has 4 nitrogen and oxygen atoms in total. The van der Waals surface area contributed by atoms with Gasteiger partial charge in [0, 0.05) is 12.5 Å². The smallest absolute Gasteiger partial charge is 0.141 e. The first-order valence-electron chi connectivity index (χ1n) is 5.63. The molecule has 0 saturated heterocycles. The van der Waals surface area contributed by atoms with Gasteiger partial charge in [-0.05, 0) is 18.4 Å². The average molecular weight is 233 g/mol. The predicted molar refractivity (Wildman–Crippen MR) is 62.7 cm³/mol. The molecule has 1 aromatic carbocycles. The second-order valence-electron chi connectivity index (χ2n) is 3.88. The van der Waals surface area contributed by atoms with Crippen molar-refractivity contribution in [3.8, 4) is 0 Å². The van der Waals surface area contributed by atoms with Gasteiger partial charge in [-0.25, -0.2) is 4.89 Å². The number of benzene rings is 1. The van der Waals surface area contributed by atoms with Crippen LogP contribution in [0.2, 0.25) is 0 Å². The fourth-order valence-corrected chi connectivity index (χ4v) is 1.67. The van der Waals surface area contributed by atoms with Crippen LogP contribution >= 0.6 is 0 Å². The fraction of sp³-hybridized carbons (Fsp3) is 0.308. The third-order valence-corrected chi connectivity index (χ3v) is 2.50. The van der Waals surface area contributed by atoms with Crippen molar-refractivity contribution < 1.29 is 14.7 Å². The molecule has 90 valence electrons. The van der Waals surface area contributed by atoms with Gasteiger partial charge in [-0.3, -0.25) is 5.26 Å². The van der Waals surface area contributed by atoms with E-state index in [9.17, 15) is 0 Å². The van der Waals surface area contributed by atoms with E-state index in [1.807, 2.05) is 24.3 Å². The minimum absolute atomic E-state index is 0.320. The molecule has 17 heavy (non-hydrogen) atoms. The van der Waals surface area contributed by atoms with Crippen LogP contribution in [0.5, 0.6) is 0 Å². The summed E-state index contributed by atoms with van der Waals surface area (Å²) in [6, 6.07) is 12.1. The molecule has 0 amide bonds. The molecule has 2 aromatic rings. The van der Waals surface area contributed by atoms with Gasteiger partial charge >= 0.3 is 0 Å². The Morgan fingerprint density at radius 3 is 2.82 bits per heavy atom. The number of aryl methyl sites for hydroxylation is 1. The van der Waals surface area contributed by atoms with Crippen molar-refractivity contribution in [3.05, 3.63) is 53.4 Å². The highest BCUT2D eigenvalue weighted by Gasteiger charge is 2.04. The van der Waals surface area contributed by atoms with E-state index in [4.69, 9.17) is 9.78 Å². The van der Waals surface area contributed by atoms with Gasteiger partial charge in [-0.15, -0.1) is 0 Å². The zero-order valence-corrected chi connectivity index (χ0v) is 9.50. The molecule has 1 heterocycles. The lowest BCUT2D eigenvalue weighted by Crippen LogP contribution is -1.92. The molecule has 0 aliphatic heterocycles. The van der Waals surface area contributed by atoms with Crippen molar-refractivity contribution in [2.24, 2.45) is 0 Å². The third-order valence-electron chi connectivity index (χ3n) is 2.50. The van der Waals surface area contributed by atoms with Crippen LogP contribution in [0.15, 0.2) is 40.9 Å². The zero-order chi connectivity index (χ0) is 11.9. The second-order valence-corrected chi connectivity index (χ2v) is 3.88. The van der Waals surface area contributed by atoms with Crippen molar-refractivity contribution in [2.45, 2.75) is 19.3 Å². The molecule has 1 N–H and O–H groups in total. The summed E-state index contributed by atoms with van der Waals surface area (Å²) >= 11 is 0. The quantitative estimate of drug-likeness (QED) is 0.473. The maximum Gasteiger partial charge on any atom is 0.141 e. The van der Waals surface area contributed by atoms with E-state index in [-0.39, 0.29) is 0 Å². The van der Waals surface area contributed by atoms with Crippen LogP contribution in [0.3, 0.4) is 0 Å². The number of rotatable bonds is 6. The Labute approximate surface area is 99.8 Å². The molecule has 0 spiro atoms. The summed E-state index contributed by atoms with van der Waals surface area (Å²) < 4.78 is 5.25. The highest BCUT2D eigenvalue weighted by atomic mass is 17.1. The second kappa shape index (κ2) is 6.18. The van der Waals surface area contributed by atoms with Crippen molar-refractivity contribution in [1.82, 2.24) is 5.16 Å². The lowest BCUT2D eigenvalue weighted by Gasteiger charge is -1.95. The first-order valence-corrected chi connectivity index (χ1v) is 5.63. The molecule has 0 fully saturated rings. The SMILES string of the molecule is OOCCCc1cc(Cc2ccccc2)on1. The maximum atomic E-state index is 8.20. The van der Waals surface area contributed by atoms with E-state index in [1.54, 1.807) is 0 Å². The van der Waals surface area contributed by atoms with Crippen molar-refractivity contribution in [2.75, 3.05) is 6.61 Å². The van der Waals surface area contributed by atoms with Crippen LogP contribution in [-0.2, 0) is 17.7 Å². The maximum absolute atomic E-state index is 8.20. The molecule has 2 rings (SSSR count). The summed E-state index contributed by atoms with van der Waals surface area (Å²) in [6.07, 6.45) is 2.23. The monoisotopic (exact) mass is 233 g/mol. The molecule has 0 aliphatic carbocycles. The highest BCUT2D eigenvalue weighted by molar-refractivity contribution is 5.21. The Balaban J connectivity index is 1.90. The molecule has 4 heteroatoms. The Kier molecular flexibility index (Phi) is 4.30. The fourth-order valence-electron chi connectivity index (χ4n) is 1.67. The Hall–Kier alpha value is -1.65. The summed E-state index contributed by atoms with van der Waals surface area (Å²) in [5.41, 5.74) is 2.10. The first kappa shape index (κ1) is 11.8. The summed E-state index contributed by atoms with van der Waals surface area (Å²) in [5.74, 6) is 0.858. The van der Waals surface area contributed by atoms with E-state index in [0.717, 1.165) is 30.7 Å². The van der Waals surface area contributed by atoms with Crippen molar-refractivity contribution in [3.63, 3.8) is 0 Å². The van der Waals surface area contributed by atoms with E-state index in [2.05, 4.69) is 22.2 Å². The van der Waals surface area contributed by atoms with Crippen LogP contribution < -0.4 is 0 Å². The largest absolute Gasteiger partial charge is 0.361 e. The molecular weight excluding hydrogens is 218 g/mol. The Morgan fingerprint density at radius 1 is 1.24 bits per heavy atom. The molecule has 0 saturated carbocycles. The number of hydrogen-bond acceptors (Lipinski definition) is 4. The van der Waals surface area contributed by atoms with Crippen LogP contribution in [0.4, 0.5) is 0 Å². The van der Waals surface area contributed by atoms with E-state index < -0.39 is 0 Å². The highest BCUT2D eigenvalue weighted by Crippen LogP contribution is 2.11.